The molecule has 0 unspecified atom stereocenters. The largest absolute Gasteiger partial charge is 0.497 e. The molecule has 0 N–H and O–H groups in total. The minimum Gasteiger partial charge on any atom is -0.497 e. The Kier molecular flexibility index (Phi) is 5.83. The predicted octanol–water partition coefficient (Wildman–Crippen LogP) is 6.20. The fraction of sp³-hybridized carbons (Fsp3) is 0.0370. The molecule has 0 aliphatic carbocycles. The summed E-state index contributed by atoms with van der Waals surface area (Å²) in [4.78, 5) is 0. The highest BCUT2D eigenvalue weighted by atomic mass is 19.2. The van der Waals surface area contributed by atoms with E-state index in [4.69, 9.17) is 4.74 Å². The third kappa shape index (κ3) is 4.43. The zero-order valence-corrected chi connectivity index (χ0v) is 16.8. The fourth-order valence-corrected chi connectivity index (χ4v) is 3.04. The zero-order valence-electron chi connectivity index (χ0n) is 16.8. The molecule has 0 aromatic heterocycles. The number of hydrogen-bond donors (Lipinski definition) is 0. The van der Waals surface area contributed by atoms with E-state index in [1.54, 1.807) is 24.3 Å². The Morgan fingerprint density at radius 1 is 0.594 bits per heavy atom. The lowest BCUT2D eigenvalue weighted by molar-refractivity contribution is 0.411. The van der Waals surface area contributed by atoms with E-state index >= 15 is 0 Å². The van der Waals surface area contributed by atoms with E-state index in [0.717, 1.165) is 6.07 Å². The monoisotopic (exact) mass is 430 g/mol. The van der Waals surface area contributed by atoms with Gasteiger partial charge in [-0.05, 0) is 53.9 Å². The topological polar surface area (TPSA) is 9.23 Å². The van der Waals surface area contributed by atoms with Crippen LogP contribution in [-0.2, 0) is 0 Å². The molecule has 0 atom stereocenters. The summed E-state index contributed by atoms with van der Waals surface area (Å²) in [5.41, 5.74) is 1.22. The van der Waals surface area contributed by atoms with Gasteiger partial charge in [0.15, 0.2) is 11.6 Å². The molecular weight excluding hydrogens is 416 g/mol. The Bertz CT molecular complexity index is 1470. The molecule has 32 heavy (non-hydrogen) atoms. The van der Waals surface area contributed by atoms with Gasteiger partial charge in [-0.2, -0.15) is 0 Å². The Hall–Kier alpha value is -4.22. The van der Waals surface area contributed by atoms with Crippen LogP contribution in [0.25, 0.3) is 10.8 Å². The number of hydrogen-bond acceptors (Lipinski definition) is 1. The van der Waals surface area contributed by atoms with E-state index in [9.17, 15) is 17.6 Å². The van der Waals surface area contributed by atoms with Crippen LogP contribution >= 0.6 is 0 Å². The van der Waals surface area contributed by atoms with Crippen LogP contribution in [0, 0.1) is 47.0 Å². The van der Waals surface area contributed by atoms with E-state index in [-0.39, 0.29) is 16.5 Å². The van der Waals surface area contributed by atoms with Gasteiger partial charge in [0.05, 0.1) is 18.2 Å². The summed E-state index contributed by atoms with van der Waals surface area (Å²) in [5, 5.41) is 0.644. The molecule has 4 aromatic rings. The van der Waals surface area contributed by atoms with Crippen LogP contribution in [0.15, 0.2) is 66.7 Å². The van der Waals surface area contributed by atoms with Crippen molar-refractivity contribution in [2.45, 2.75) is 0 Å². The van der Waals surface area contributed by atoms with Gasteiger partial charge in [0.25, 0.3) is 0 Å². The van der Waals surface area contributed by atoms with Crippen LogP contribution in [0.1, 0.15) is 22.3 Å². The first-order valence-corrected chi connectivity index (χ1v) is 9.49. The predicted molar refractivity (Wildman–Crippen MR) is 115 cm³/mol. The molecule has 0 aliphatic rings. The van der Waals surface area contributed by atoms with Crippen molar-refractivity contribution in [3.63, 3.8) is 0 Å². The smallest absolute Gasteiger partial charge is 0.166 e. The van der Waals surface area contributed by atoms with E-state index < -0.39 is 23.3 Å². The molecule has 0 saturated carbocycles. The summed E-state index contributed by atoms with van der Waals surface area (Å²) in [5.74, 6) is 8.38. The van der Waals surface area contributed by atoms with Crippen LogP contribution < -0.4 is 4.74 Å². The Balaban J connectivity index is 1.57. The van der Waals surface area contributed by atoms with Crippen LogP contribution in [0.3, 0.4) is 0 Å². The van der Waals surface area contributed by atoms with Gasteiger partial charge in [-0.3, -0.25) is 0 Å². The number of rotatable bonds is 1. The number of fused-ring (bicyclic) bond motifs is 1. The van der Waals surface area contributed by atoms with Gasteiger partial charge in [0, 0.05) is 22.6 Å². The molecule has 0 aliphatic heterocycles. The normalized spacial score (nSPS) is 10.2. The quantitative estimate of drug-likeness (QED) is 0.258. The van der Waals surface area contributed by atoms with Crippen molar-refractivity contribution in [3.05, 3.63) is 112 Å². The molecule has 0 heterocycles. The lowest BCUT2D eigenvalue weighted by atomic mass is 10.1. The molecule has 156 valence electrons. The highest BCUT2D eigenvalue weighted by Gasteiger charge is 2.07. The molecule has 0 fully saturated rings. The molecule has 0 bridgehead atoms. The number of methoxy groups -OCH3 is 1. The van der Waals surface area contributed by atoms with Crippen molar-refractivity contribution in [2.24, 2.45) is 0 Å². The maximum atomic E-state index is 14.5. The van der Waals surface area contributed by atoms with Crippen molar-refractivity contribution in [1.82, 2.24) is 0 Å². The van der Waals surface area contributed by atoms with E-state index in [2.05, 4.69) is 23.7 Å². The highest BCUT2D eigenvalue weighted by Crippen LogP contribution is 2.21. The minimum atomic E-state index is -0.920. The van der Waals surface area contributed by atoms with Crippen molar-refractivity contribution >= 4 is 10.8 Å². The van der Waals surface area contributed by atoms with Gasteiger partial charge in [-0.1, -0.05) is 35.8 Å². The second-order valence-electron chi connectivity index (χ2n) is 6.84. The average molecular weight is 430 g/mol. The number of ether oxygens (including phenoxy) is 1. The molecule has 0 saturated heterocycles. The molecule has 5 heteroatoms. The molecule has 0 spiro atoms. The molecule has 4 rings (SSSR count). The lowest BCUT2D eigenvalue weighted by Gasteiger charge is -2.01. The number of benzene rings is 4. The highest BCUT2D eigenvalue weighted by molar-refractivity contribution is 5.84. The van der Waals surface area contributed by atoms with Gasteiger partial charge < -0.3 is 4.74 Å². The van der Waals surface area contributed by atoms with Crippen LogP contribution in [-0.4, -0.2) is 7.11 Å². The third-order valence-corrected chi connectivity index (χ3v) is 4.74. The van der Waals surface area contributed by atoms with Gasteiger partial charge in [0.1, 0.15) is 17.4 Å². The summed E-state index contributed by atoms with van der Waals surface area (Å²) in [7, 11) is 1.44. The first kappa shape index (κ1) is 21.0. The summed E-state index contributed by atoms with van der Waals surface area (Å²) >= 11 is 0. The lowest BCUT2D eigenvalue weighted by Crippen LogP contribution is -1.89. The Morgan fingerprint density at radius 3 is 1.88 bits per heavy atom. The van der Waals surface area contributed by atoms with E-state index in [1.165, 1.54) is 43.5 Å². The van der Waals surface area contributed by atoms with Crippen molar-refractivity contribution in [3.8, 4) is 29.4 Å². The Morgan fingerprint density at radius 2 is 1.22 bits per heavy atom. The molecular formula is C27H14F4O. The molecule has 0 radical (unpaired) electrons. The molecule has 4 aromatic carbocycles. The summed E-state index contributed by atoms with van der Waals surface area (Å²) in [6.45, 7) is 0. The van der Waals surface area contributed by atoms with Crippen molar-refractivity contribution < 1.29 is 22.3 Å². The zero-order chi connectivity index (χ0) is 22.7. The average Bonchev–Trinajstić information content (AvgIpc) is 2.80. The van der Waals surface area contributed by atoms with Crippen LogP contribution in [0.4, 0.5) is 17.6 Å². The van der Waals surface area contributed by atoms with Gasteiger partial charge in [-0.15, -0.1) is 0 Å². The van der Waals surface area contributed by atoms with Gasteiger partial charge >= 0.3 is 0 Å². The minimum absolute atomic E-state index is 0.150. The second kappa shape index (κ2) is 8.88. The van der Waals surface area contributed by atoms with E-state index in [0.29, 0.717) is 22.3 Å². The summed E-state index contributed by atoms with van der Waals surface area (Å²) in [6, 6.07) is 15.7. The maximum absolute atomic E-state index is 14.5. The molecule has 1 nitrogen and oxygen atoms in total. The standard InChI is InChI=1S/C27H14F4O/c1-32-22-11-9-20(26(30)16-22)8-4-18-3-7-19(25(29)15-18)6-2-17-5-12-23-21(14-17)10-13-24(28)27(23)31/h3,5,7,9-16H,1H3. The SMILES string of the molecule is COc1ccc(C#Cc2ccc(C#Cc3ccc4c(F)c(F)ccc4c3)c(F)c2)c(F)c1. The first-order chi connectivity index (χ1) is 15.4. The van der Waals surface area contributed by atoms with Crippen LogP contribution in [0.5, 0.6) is 5.75 Å². The van der Waals surface area contributed by atoms with Gasteiger partial charge in [0.2, 0.25) is 0 Å². The summed E-state index contributed by atoms with van der Waals surface area (Å²) < 4.78 is 60.5. The fourth-order valence-electron chi connectivity index (χ4n) is 3.04. The third-order valence-electron chi connectivity index (χ3n) is 4.74. The van der Waals surface area contributed by atoms with Crippen molar-refractivity contribution in [2.75, 3.05) is 7.11 Å². The first-order valence-electron chi connectivity index (χ1n) is 9.49. The molecule has 0 amide bonds. The maximum Gasteiger partial charge on any atom is 0.166 e. The van der Waals surface area contributed by atoms with Crippen molar-refractivity contribution in [1.29, 1.82) is 0 Å². The van der Waals surface area contributed by atoms with Gasteiger partial charge in [-0.25, -0.2) is 17.6 Å². The van der Waals surface area contributed by atoms with E-state index in [1.807, 2.05) is 0 Å². The number of halogens is 4. The summed E-state index contributed by atoms with van der Waals surface area (Å²) in [6.07, 6.45) is 0. The van der Waals surface area contributed by atoms with Crippen LogP contribution in [0.2, 0.25) is 0 Å². The Labute approximate surface area is 182 Å². The second-order valence-corrected chi connectivity index (χ2v) is 6.84.